The first-order valence-electron chi connectivity index (χ1n) is 8.70. The van der Waals surface area contributed by atoms with Crippen LogP contribution in [0.3, 0.4) is 0 Å². The maximum Gasteiger partial charge on any atom is 0.305 e. The Hall–Kier alpha value is -1.21. The minimum Gasteiger partial charge on any atom is -0.481 e. The Morgan fingerprint density at radius 3 is 2.32 bits per heavy atom. The summed E-state index contributed by atoms with van der Waals surface area (Å²) in [7, 11) is -2.04. The van der Waals surface area contributed by atoms with Crippen molar-refractivity contribution in [2.24, 2.45) is 0 Å². The van der Waals surface area contributed by atoms with Gasteiger partial charge < -0.3 is 19.4 Å². The zero-order chi connectivity index (χ0) is 19.1. The molecule has 2 atom stereocenters. The van der Waals surface area contributed by atoms with E-state index in [0.29, 0.717) is 13.2 Å². The second kappa shape index (κ2) is 9.47. The van der Waals surface area contributed by atoms with E-state index in [2.05, 4.69) is 33.9 Å². The summed E-state index contributed by atoms with van der Waals surface area (Å²) < 4.78 is 12.1. The van der Waals surface area contributed by atoms with Crippen LogP contribution in [0, 0.1) is 0 Å². The van der Waals surface area contributed by atoms with Gasteiger partial charge in [0.05, 0.1) is 31.8 Å². The predicted molar refractivity (Wildman–Crippen MR) is 101 cm³/mol. The van der Waals surface area contributed by atoms with Crippen LogP contribution in [0.5, 0.6) is 0 Å². The number of carboxylic acid groups (broad SMARTS) is 1. The van der Waals surface area contributed by atoms with E-state index < -0.39 is 20.4 Å². The van der Waals surface area contributed by atoms with Crippen molar-refractivity contribution in [2.45, 2.75) is 70.6 Å². The first-order valence-corrected chi connectivity index (χ1v) is 11.6. The number of carboxylic acids is 1. The third-order valence-electron chi connectivity index (χ3n) is 4.63. The number of rotatable bonds is 10. The molecule has 0 radical (unpaired) electrons. The van der Waals surface area contributed by atoms with Gasteiger partial charge in [0.2, 0.25) is 0 Å². The van der Waals surface area contributed by atoms with Gasteiger partial charge in [-0.15, -0.1) is 0 Å². The maximum atomic E-state index is 10.8. The molecule has 1 aromatic rings. The van der Waals surface area contributed by atoms with E-state index in [0.717, 1.165) is 5.56 Å². The fraction of sp³-hybridized carbons (Fsp3) is 0.632. The summed E-state index contributed by atoms with van der Waals surface area (Å²) in [5.41, 5.74) is 1.07. The Morgan fingerprint density at radius 2 is 1.80 bits per heavy atom. The van der Waals surface area contributed by atoms with Crippen LogP contribution in [0.4, 0.5) is 0 Å². The van der Waals surface area contributed by atoms with Gasteiger partial charge in [-0.05, 0) is 23.7 Å². The number of ether oxygens (including phenoxy) is 1. The van der Waals surface area contributed by atoms with Gasteiger partial charge in [0.25, 0.3) is 0 Å². The fourth-order valence-corrected chi connectivity index (χ4v) is 3.57. The van der Waals surface area contributed by atoms with Crippen LogP contribution in [0.2, 0.25) is 18.1 Å². The molecule has 0 fully saturated rings. The average molecular weight is 369 g/mol. The van der Waals surface area contributed by atoms with Gasteiger partial charge in [0.1, 0.15) is 0 Å². The number of aliphatic hydroxyl groups excluding tert-OH is 1. The van der Waals surface area contributed by atoms with Crippen LogP contribution in [0.25, 0.3) is 0 Å². The largest absolute Gasteiger partial charge is 0.481 e. The Labute approximate surface area is 152 Å². The van der Waals surface area contributed by atoms with Gasteiger partial charge in [0.15, 0.2) is 8.32 Å². The highest BCUT2D eigenvalue weighted by atomic mass is 28.4. The predicted octanol–water partition coefficient (Wildman–Crippen LogP) is 3.82. The van der Waals surface area contributed by atoms with E-state index in [1.165, 1.54) is 0 Å². The van der Waals surface area contributed by atoms with Crippen LogP contribution in [0.15, 0.2) is 30.3 Å². The van der Waals surface area contributed by atoms with Crippen molar-refractivity contribution < 1.29 is 24.2 Å². The second-order valence-electron chi connectivity index (χ2n) is 7.99. The molecule has 0 aliphatic heterocycles. The molecule has 0 saturated carbocycles. The summed E-state index contributed by atoms with van der Waals surface area (Å²) in [6.45, 7) is 11.5. The smallest absolute Gasteiger partial charge is 0.305 e. The Bertz CT molecular complexity index is 524. The SMILES string of the molecule is CC(C)(C)[Si](C)(C)O[C@H](COCc1ccccc1)C[C@@H](O)CC(=O)O. The van der Waals surface area contributed by atoms with Crippen molar-refractivity contribution in [1.29, 1.82) is 0 Å². The summed E-state index contributed by atoms with van der Waals surface area (Å²) >= 11 is 0. The van der Waals surface area contributed by atoms with Crippen molar-refractivity contribution in [3.63, 3.8) is 0 Å². The molecule has 0 heterocycles. The lowest BCUT2D eigenvalue weighted by atomic mass is 10.1. The highest BCUT2D eigenvalue weighted by Gasteiger charge is 2.39. The lowest BCUT2D eigenvalue weighted by Gasteiger charge is -2.39. The molecule has 0 bridgehead atoms. The zero-order valence-electron chi connectivity index (χ0n) is 16.0. The first kappa shape index (κ1) is 21.8. The van der Waals surface area contributed by atoms with Crippen LogP contribution in [-0.4, -0.2) is 43.3 Å². The molecular weight excluding hydrogens is 336 g/mol. The lowest BCUT2D eigenvalue weighted by Crippen LogP contribution is -2.46. The number of hydrogen-bond donors (Lipinski definition) is 2. The van der Waals surface area contributed by atoms with Crippen molar-refractivity contribution >= 4 is 14.3 Å². The van der Waals surface area contributed by atoms with Crippen LogP contribution < -0.4 is 0 Å². The summed E-state index contributed by atoms with van der Waals surface area (Å²) in [6.07, 6.45) is -1.28. The third kappa shape index (κ3) is 8.14. The van der Waals surface area contributed by atoms with Crippen molar-refractivity contribution in [2.75, 3.05) is 6.61 Å². The van der Waals surface area contributed by atoms with Gasteiger partial charge in [-0.3, -0.25) is 4.79 Å². The van der Waals surface area contributed by atoms with Gasteiger partial charge in [-0.2, -0.15) is 0 Å². The van der Waals surface area contributed by atoms with Crippen LogP contribution in [-0.2, 0) is 20.6 Å². The molecule has 0 amide bonds. The summed E-state index contributed by atoms with van der Waals surface area (Å²) in [4.78, 5) is 10.8. The molecule has 1 aromatic carbocycles. The number of aliphatic carboxylic acids is 1. The molecule has 1 rings (SSSR count). The second-order valence-corrected chi connectivity index (χ2v) is 12.7. The number of aliphatic hydroxyl groups is 1. The Kier molecular flexibility index (Phi) is 8.27. The molecule has 0 spiro atoms. The standard InChI is InChI=1S/C19H32O5Si/c1-19(2,3)25(4,5)24-17(11-16(20)12-18(21)22)14-23-13-15-9-7-6-8-10-15/h6-10,16-17,20H,11-14H2,1-5H3,(H,21,22)/t16-,17+/m1/s1. The van der Waals surface area contributed by atoms with Crippen LogP contribution >= 0.6 is 0 Å². The van der Waals surface area contributed by atoms with Gasteiger partial charge in [-0.25, -0.2) is 0 Å². The number of carbonyl (C=O) groups is 1. The Balaban J connectivity index is 2.68. The third-order valence-corrected chi connectivity index (χ3v) is 9.16. The molecule has 6 heteroatoms. The normalized spacial score (nSPS) is 15.0. The average Bonchev–Trinajstić information content (AvgIpc) is 2.45. The molecule has 142 valence electrons. The molecule has 0 saturated heterocycles. The molecule has 0 aliphatic rings. The van der Waals surface area contributed by atoms with Crippen molar-refractivity contribution in [3.05, 3.63) is 35.9 Å². The topological polar surface area (TPSA) is 76.0 Å². The first-order chi connectivity index (χ1) is 11.5. The summed E-state index contributed by atoms with van der Waals surface area (Å²) in [5.74, 6) is -1.01. The molecular formula is C19H32O5Si. The van der Waals surface area contributed by atoms with E-state index in [1.54, 1.807) is 0 Å². The van der Waals surface area contributed by atoms with Gasteiger partial charge in [0, 0.05) is 6.42 Å². The number of hydrogen-bond acceptors (Lipinski definition) is 4. The van der Waals surface area contributed by atoms with E-state index in [9.17, 15) is 9.90 Å². The Morgan fingerprint density at radius 1 is 1.20 bits per heavy atom. The molecule has 2 N–H and O–H groups in total. The van der Waals surface area contributed by atoms with Crippen LogP contribution in [0.1, 0.15) is 39.2 Å². The van der Waals surface area contributed by atoms with E-state index in [4.69, 9.17) is 14.3 Å². The molecule has 25 heavy (non-hydrogen) atoms. The molecule has 5 nitrogen and oxygen atoms in total. The highest BCUT2D eigenvalue weighted by molar-refractivity contribution is 6.74. The van der Waals surface area contributed by atoms with E-state index in [-0.39, 0.29) is 24.0 Å². The van der Waals surface area contributed by atoms with Crippen molar-refractivity contribution in [3.8, 4) is 0 Å². The monoisotopic (exact) mass is 368 g/mol. The van der Waals surface area contributed by atoms with E-state index >= 15 is 0 Å². The molecule has 0 unspecified atom stereocenters. The zero-order valence-corrected chi connectivity index (χ0v) is 17.0. The quantitative estimate of drug-likeness (QED) is 0.614. The maximum absolute atomic E-state index is 10.8. The van der Waals surface area contributed by atoms with Gasteiger partial charge >= 0.3 is 5.97 Å². The minimum atomic E-state index is -2.04. The summed E-state index contributed by atoms with van der Waals surface area (Å²) in [6, 6.07) is 9.85. The molecule has 0 aromatic heterocycles. The highest BCUT2D eigenvalue weighted by Crippen LogP contribution is 2.37. The minimum absolute atomic E-state index is 0.0302. The van der Waals surface area contributed by atoms with Crippen molar-refractivity contribution in [1.82, 2.24) is 0 Å². The van der Waals surface area contributed by atoms with Gasteiger partial charge in [-0.1, -0.05) is 51.1 Å². The summed E-state index contributed by atoms with van der Waals surface area (Å²) in [5, 5.41) is 18.9. The van der Waals surface area contributed by atoms with E-state index in [1.807, 2.05) is 30.3 Å². The number of benzene rings is 1. The molecule has 0 aliphatic carbocycles. The fourth-order valence-electron chi connectivity index (χ4n) is 2.21. The lowest BCUT2D eigenvalue weighted by molar-refractivity contribution is -0.139.